The van der Waals surface area contributed by atoms with Gasteiger partial charge in [0.15, 0.2) is 0 Å². The van der Waals surface area contributed by atoms with Gasteiger partial charge in [-0.1, -0.05) is 0 Å². The van der Waals surface area contributed by atoms with Crippen molar-refractivity contribution in [1.82, 2.24) is 10.4 Å². The average molecular weight is 284 g/mol. The van der Waals surface area contributed by atoms with Gasteiger partial charge in [-0.05, 0) is 43.4 Å². The lowest BCUT2D eigenvalue weighted by Gasteiger charge is -2.33. The van der Waals surface area contributed by atoms with E-state index in [0.717, 1.165) is 29.2 Å². The van der Waals surface area contributed by atoms with Crippen LogP contribution >= 0.6 is 0 Å². The number of non-ortho nitro benzene ring substituents is 1. The molecule has 2 heterocycles. The van der Waals surface area contributed by atoms with E-state index in [4.69, 9.17) is 0 Å². The first-order valence-electron chi connectivity index (χ1n) is 7.28. The van der Waals surface area contributed by atoms with Crippen LogP contribution in [0.25, 0.3) is 10.9 Å². The van der Waals surface area contributed by atoms with Crippen LogP contribution in [0.15, 0.2) is 30.3 Å². The normalized spacial score (nSPS) is 24.5. The van der Waals surface area contributed by atoms with Gasteiger partial charge in [-0.25, -0.2) is 10.4 Å². The SMILES string of the molecule is O=[N+]([O-])c1ccc2nc(N3CC4CCC(C4)N3)ccc2c1. The highest BCUT2D eigenvalue weighted by Gasteiger charge is 2.33. The van der Waals surface area contributed by atoms with Gasteiger partial charge in [0.2, 0.25) is 0 Å². The molecule has 2 fully saturated rings. The molecule has 2 aliphatic rings. The molecule has 0 spiro atoms. The number of aromatic nitrogens is 1. The zero-order valence-corrected chi connectivity index (χ0v) is 11.5. The number of hydrogen-bond donors (Lipinski definition) is 1. The van der Waals surface area contributed by atoms with Gasteiger partial charge in [0.25, 0.3) is 5.69 Å². The fourth-order valence-corrected chi connectivity index (χ4v) is 3.42. The number of nitro groups is 1. The van der Waals surface area contributed by atoms with Gasteiger partial charge < -0.3 is 0 Å². The number of fused-ring (bicyclic) bond motifs is 3. The van der Waals surface area contributed by atoms with Crippen molar-refractivity contribution < 1.29 is 4.92 Å². The molecule has 2 atom stereocenters. The summed E-state index contributed by atoms with van der Waals surface area (Å²) >= 11 is 0. The van der Waals surface area contributed by atoms with Crippen molar-refractivity contribution in [3.8, 4) is 0 Å². The van der Waals surface area contributed by atoms with Crippen molar-refractivity contribution in [2.24, 2.45) is 5.92 Å². The highest BCUT2D eigenvalue weighted by molar-refractivity contribution is 5.82. The first-order valence-corrected chi connectivity index (χ1v) is 7.28. The second-order valence-electron chi connectivity index (χ2n) is 5.92. The van der Waals surface area contributed by atoms with E-state index in [1.807, 2.05) is 12.1 Å². The molecule has 6 heteroatoms. The lowest BCUT2D eigenvalue weighted by Crippen LogP contribution is -2.49. The summed E-state index contributed by atoms with van der Waals surface area (Å²) in [4.78, 5) is 15.1. The van der Waals surface area contributed by atoms with Gasteiger partial charge in [-0.3, -0.25) is 15.1 Å². The second-order valence-corrected chi connectivity index (χ2v) is 5.92. The molecule has 1 aromatic carbocycles. The molecule has 1 aromatic heterocycles. The van der Waals surface area contributed by atoms with Crippen LogP contribution in [0, 0.1) is 16.0 Å². The van der Waals surface area contributed by atoms with Crippen molar-refractivity contribution in [2.75, 3.05) is 11.6 Å². The zero-order valence-electron chi connectivity index (χ0n) is 11.5. The van der Waals surface area contributed by atoms with E-state index < -0.39 is 0 Å². The Morgan fingerprint density at radius 1 is 1.29 bits per heavy atom. The minimum absolute atomic E-state index is 0.103. The molecule has 2 aromatic rings. The lowest BCUT2D eigenvalue weighted by molar-refractivity contribution is -0.384. The summed E-state index contributed by atoms with van der Waals surface area (Å²) in [6.07, 6.45) is 3.78. The first kappa shape index (κ1) is 12.5. The predicted molar refractivity (Wildman–Crippen MR) is 80.0 cm³/mol. The number of benzene rings is 1. The van der Waals surface area contributed by atoms with Gasteiger partial charge in [0, 0.05) is 30.1 Å². The molecule has 1 N–H and O–H groups in total. The third kappa shape index (κ3) is 2.21. The Morgan fingerprint density at radius 3 is 3.00 bits per heavy atom. The fourth-order valence-electron chi connectivity index (χ4n) is 3.42. The maximum atomic E-state index is 10.8. The van der Waals surface area contributed by atoms with E-state index in [2.05, 4.69) is 15.4 Å². The Labute approximate surface area is 121 Å². The quantitative estimate of drug-likeness (QED) is 0.678. The van der Waals surface area contributed by atoms with Crippen LogP contribution < -0.4 is 10.4 Å². The Hall–Kier alpha value is -2.21. The summed E-state index contributed by atoms with van der Waals surface area (Å²) in [5.41, 5.74) is 4.41. The molecular weight excluding hydrogens is 268 g/mol. The number of nitrogens with zero attached hydrogens (tertiary/aromatic N) is 3. The van der Waals surface area contributed by atoms with Crippen LogP contribution in [-0.2, 0) is 0 Å². The Kier molecular flexibility index (Phi) is 2.78. The fraction of sp³-hybridized carbons (Fsp3) is 0.400. The van der Waals surface area contributed by atoms with Crippen molar-refractivity contribution in [3.05, 3.63) is 40.4 Å². The molecule has 0 radical (unpaired) electrons. The van der Waals surface area contributed by atoms with Crippen LogP contribution in [0.2, 0.25) is 0 Å². The summed E-state index contributed by atoms with van der Waals surface area (Å²) in [6, 6.07) is 9.20. The van der Waals surface area contributed by atoms with E-state index in [1.165, 1.54) is 25.3 Å². The maximum absolute atomic E-state index is 10.8. The van der Waals surface area contributed by atoms with Crippen molar-refractivity contribution >= 4 is 22.4 Å². The van der Waals surface area contributed by atoms with E-state index in [9.17, 15) is 10.1 Å². The molecule has 1 saturated heterocycles. The summed E-state index contributed by atoms with van der Waals surface area (Å²) in [5, 5.41) is 13.7. The molecule has 21 heavy (non-hydrogen) atoms. The molecule has 1 aliphatic heterocycles. The number of nitro benzene ring substituents is 1. The van der Waals surface area contributed by atoms with Gasteiger partial charge in [-0.2, -0.15) is 0 Å². The maximum Gasteiger partial charge on any atom is 0.270 e. The summed E-state index contributed by atoms with van der Waals surface area (Å²) in [7, 11) is 0. The predicted octanol–water partition coefficient (Wildman–Crippen LogP) is 2.64. The number of nitrogens with one attached hydrogen (secondary N) is 1. The van der Waals surface area contributed by atoms with E-state index >= 15 is 0 Å². The summed E-state index contributed by atoms with van der Waals surface area (Å²) in [6.45, 7) is 0.988. The Bertz CT molecular complexity index is 706. The lowest BCUT2D eigenvalue weighted by atomic mass is 10.1. The van der Waals surface area contributed by atoms with Gasteiger partial charge in [-0.15, -0.1) is 0 Å². The van der Waals surface area contributed by atoms with E-state index in [0.29, 0.717) is 6.04 Å². The number of rotatable bonds is 2. The molecule has 108 valence electrons. The third-order valence-corrected chi connectivity index (χ3v) is 4.47. The highest BCUT2D eigenvalue weighted by Crippen LogP contribution is 2.32. The van der Waals surface area contributed by atoms with Gasteiger partial charge in [0.05, 0.1) is 10.4 Å². The van der Waals surface area contributed by atoms with Crippen LogP contribution in [0.5, 0.6) is 0 Å². The molecule has 2 bridgehead atoms. The van der Waals surface area contributed by atoms with Crippen molar-refractivity contribution in [1.29, 1.82) is 0 Å². The topological polar surface area (TPSA) is 71.3 Å². The van der Waals surface area contributed by atoms with E-state index in [-0.39, 0.29) is 10.6 Å². The molecule has 1 aliphatic carbocycles. The smallest absolute Gasteiger partial charge is 0.270 e. The number of hydrogen-bond acceptors (Lipinski definition) is 5. The minimum Gasteiger partial charge on any atom is -0.292 e. The van der Waals surface area contributed by atoms with Crippen molar-refractivity contribution in [2.45, 2.75) is 25.3 Å². The number of hydrazine groups is 1. The summed E-state index contributed by atoms with van der Waals surface area (Å²) in [5.74, 6) is 1.65. The molecule has 1 saturated carbocycles. The molecule has 2 unspecified atom stereocenters. The number of anilines is 1. The highest BCUT2D eigenvalue weighted by atomic mass is 16.6. The van der Waals surface area contributed by atoms with Crippen molar-refractivity contribution in [3.63, 3.8) is 0 Å². The molecule has 0 amide bonds. The summed E-state index contributed by atoms with van der Waals surface area (Å²) < 4.78 is 0. The van der Waals surface area contributed by atoms with Crippen LogP contribution in [0.1, 0.15) is 19.3 Å². The standard InChI is InChI=1S/C15H16N4O2/c20-19(21)13-4-5-14-11(8-13)2-6-15(16-14)18-9-10-1-3-12(7-10)17-18/h2,4-6,8,10,12,17H,1,3,7,9H2. The Balaban J connectivity index is 1.67. The number of pyridine rings is 1. The average Bonchev–Trinajstić information content (AvgIpc) is 2.84. The molecule has 4 rings (SSSR count). The van der Waals surface area contributed by atoms with Gasteiger partial charge in [0.1, 0.15) is 5.82 Å². The monoisotopic (exact) mass is 284 g/mol. The molecule has 6 nitrogen and oxygen atoms in total. The first-order chi connectivity index (χ1) is 10.2. The largest absolute Gasteiger partial charge is 0.292 e. The van der Waals surface area contributed by atoms with Gasteiger partial charge >= 0.3 is 0 Å². The van der Waals surface area contributed by atoms with Crippen LogP contribution in [0.3, 0.4) is 0 Å². The molecular formula is C15H16N4O2. The second kappa shape index (κ2) is 4.66. The van der Waals surface area contributed by atoms with Crippen LogP contribution in [-0.4, -0.2) is 22.5 Å². The minimum atomic E-state index is -0.378. The van der Waals surface area contributed by atoms with E-state index in [1.54, 1.807) is 12.1 Å². The third-order valence-electron chi connectivity index (χ3n) is 4.47. The Morgan fingerprint density at radius 2 is 2.19 bits per heavy atom. The zero-order chi connectivity index (χ0) is 14.4. The van der Waals surface area contributed by atoms with Crippen LogP contribution in [0.4, 0.5) is 11.5 Å².